The Kier molecular flexibility index (Phi) is 10.9. The topological polar surface area (TPSA) is 64.1 Å². The lowest BCUT2D eigenvalue weighted by molar-refractivity contribution is 0.0513. The Morgan fingerprint density at radius 3 is 2.45 bits per heavy atom. The lowest BCUT2D eigenvalue weighted by Gasteiger charge is -2.38. The summed E-state index contributed by atoms with van der Waals surface area (Å²) in [6.07, 6.45) is 5.28. The number of unbranched alkanes of at least 4 members (excludes halogenated alkanes) is 1. The van der Waals surface area contributed by atoms with Crippen molar-refractivity contribution < 1.29 is 14.2 Å². The molecule has 1 aromatic rings. The molecular weight excluding hydrogens is 366 g/mol. The first-order chi connectivity index (χ1) is 14.2. The summed E-state index contributed by atoms with van der Waals surface area (Å²) < 4.78 is 16.9. The third-order valence-electron chi connectivity index (χ3n) is 5.45. The predicted molar refractivity (Wildman–Crippen MR) is 119 cm³/mol. The summed E-state index contributed by atoms with van der Waals surface area (Å²) in [5.41, 5.74) is 1.38. The summed E-state index contributed by atoms with van der Waals surface area (Å²) in [4.78, 5) is 4.39. The van der Waals surface area contributed by atoms with Crippen molar-refractivity contribution in [3.05, 3.63) is 29.8 Å². The van der Waals surface area contributed by atoms with Gasteiger partial charge in [-0.3, -0.25) is 4.99 Å². The lowest BCUT2D eigenvalue weighted by Crippen LogP contribution is -2.48. The van der Waals surface area contributed by atoms with Crippen LogP contribution >= 0.6 is 0 Å². The van der Waals surface area contributed by atoms with Crippen molar-refractivity contribution in [2.45, 2.75) is 51.4 Å². The van der Waals surface area contributed by atoms with Gasteiger partial charge in [-0.25, -0.2) is 0 Å². The van der Waals surface area contributed by atoms with Gasteiger partial charge in [0.25, 0.3) is 0 Å². The Morgan fingerprint density at radius 2 is 1.79 bits per heavy atom. The number of hydrogen-bond acceptors (Lipinski definition) is 4. The Labute approximate surface area is 176 Å². The number of nitrogens with one attached hydrogen (secondary N) is 2. The Bertz CT molecular complexity index is 584. The van der Waals surface area contributed by atoms with Crippen molar-refractivity contribution in [2.24, 2.45) is 4.99 Å². The largest absolute Gasteiger partial charge is 0.494 e. The average Bonchev–Trinajstić information content (AvgIpc) is 2.76. The summed E-state index contributed by atoms with van der Waals surface area (Å²) in [5.74, 6) is 1.76. The van der Waals surface area contributed by atoms with Gasteiger partial charge in [0.2, 0.25) is 0 Å². The Morgan fingerprint density at radius 1 is 1.07 bits per heavy atom. The van der Waals surface area contributed by atoms with Crippen LogP contribution in [0, 0.1) is 0 Å². The third kappa shape index (κ3) is 7.86. The maximum absolute atomic E-state index is 5.65. The quantitative estimate of drug-likeness (QED) is 0.317. The zero-order chi connectivity index (χ0) is 20.8. The van der Waals surface area contributed by atoms with Crippen molar-refractivity contribution in [2.75, 3.05) is 53.2 Å². The third-order valence-corrected chi connectivity index (χ3v) is 5.45. The SMILES string of the molecule is CCCCOCCCNC(=NC)NCC1(c2ccc(OCC)cc2)CCOCC1. The second-order valence-electron chi connectivity index (χ2n) is 7.52. The molecule has 0 bridgehead atoms. The van der Waals surface area contributed by atoms with E-state index in [4.69, 9.17) is 14.2 Å². The maximum Gasteiger partial charge on any atom is 0.191 e. The highest BCUT2D eigenvalue weighted by Crippen LogP contribution is 2.35. The second kappa shape index (κ2) is 13.4. The fraction of sp³-hybridized carbons (Fsp3) is 0.696. The molecule has 2 rings (SSSR count). The van der Waals surface area contributed by atoms with Crippen LogP contribution in [0.5, 0.6) is 5.75 Å². The van der Waals surface area contributed by atoms with Gasteiger partial charge in [-0.1, -0.05) is 25.5 Å². The molecule has 0 aromatic heterocycles. The summed E-state index contributed by atoms with van der Waals surface area (Å²) in [5, 5.41) is 6.94. The molecule has 1 aromatic carbocycles. The van der Waals surface area contributed by atoms with E-state index in [1.807, 2.05) is 14.0 Å². The van der Waals surface area contributed by atoms with E-state index in [0.717, 1.165) is 76.9 Å². The lowest BCUT2D eigenvalue weighted by atomic mass is 9.74. The molecule has 1 saturated heterocycles. The first kappa shape index (κ1) is 23.5. The van der Waals surface area contributed by atoms with Crippen LogP contribution in [0.4, 0.5) is 0 Å². The van der Waals surface area contributed by atoms with E-state index in [0.29, 0.717) is 6.61 Å². The zero-order valence-corrected chi connectivity index (χ0v) is 18.5. The normalized spacial score (nSPS) is 16.4. The van der Waals surface area contributed by atoms with Crippen LogP contribution in [-0.4, -0.2) is 59.1 Å². The van der Waals surface area contributed by atoms with E-state index in [1.54, 1.807) is 0 Å². The first-order valence-electron chi connectivity index (χ1n) is 11.1. The minimum absolute atomic E-state index is 0.0455. The van der Waals surface area contributed by atoms with E-state index in [1.165, 1.54) is 12.0 Å². The Hall–Kier alpha value is -1.79. The molecule has 0 saturated carbocycles. The highest BCUT2D eigenvalue weighted by Gasteiger charge is 2.34. The molecule has 1 aliphatic rings. The smallest absolute Gasteiger partial charge is 0.191 e. The van der Waals surface area contributed by atoms with Crippen LogP contribution < -0.4 is 15.4 Å². The van der Waals surface area contributed by atoms with Gasteiger partial charge in [-0.15, -0.1) is 0 Å². The molecule has 0 unspecified atom stereocenters. The molecule has 6 nitrogen and oxygen atoms in total. The molecule has 1 aliphatic heterocycles. The average molecular weight is 406 g/mol. The molecule has 1 heterocycles. The summed E-state index contributed by atoms with van der Waals surface area (Å²) in [6, 6.07) is 8.53. The summed E-state index contributed by atoms with van der Waals surface area (Å²) in [6.45, 7) is 9.78. The van der Waals surface area contributed by atoms with Crippen LogP contribution in [0.15, 0.2) is 29.3 Å². The molecule has 0 radical (unpaired) electrons. The number of ether oxygens (including phenoxy) is 3. The monoisotopic (exact) mass is 405 g/mol. The number of aliphatic imine (C=N–C) groups is 1. The molecule has 164 valence electrons. The number of nitrogens with zero attached hydrogens (tertiary/aromatic N) is 1. The van der Waals surface area contributed by atoms with E-state index >= 15 is 0 Å². The molecule has 0 spiro atoms. The fourth-order valence-corrected chi connectivity index (χ4v) is 3.60. The van der Waals surface area contributed by atoms with Gasteiger partial charge < -0.3 is 24.8 Å². The van der Waals surface area contributed by atoms with Crippen molar-refractivity contribution in [3.8, 4) is 5.75 Å². The zero-order valence-electron chi connectivity index (χ0n) is 18.5. The number of hydrogen-bond donors (Lipinski definition) is 2. The predicted octanol–water partition coefficient (Wildman–Crippen LogP) is 3.51. The van der Waals surface area contributed by atoms with Gasteiger partial charge in [-0.2, -0.15) is 0 Å². The van der Waals surface area contributed by atoms with Crippen LogP contribution in [0.3, 0.4) is 0 Å². The second-order valence-corrected chi connectivity index (χ2v) is 7.52. The summed E-state index contributed by atoms with van der Waals surface area (Å²) in [7, 11) is 1.82. The van der Waals surface area contributed by atoms with Crippen molar-refractivity contribution >= 4 is 5.96 Å². The molecule has 0 atom stereocenters. The van der Waals surface area contributed by atoms with Gasteiger partial charge in [-0.05, 0) is 50.3 Å². The van der Waals surface area contributed by atoms with Crippen LogP contribution in [0.1, 0.15) is 51.5 Å². The van der Waals surface area contributed by atoms with Gasteiger partial charge in [0.1, 0.15) is 5.75 Å². The number of guanidine groups is 1. The van der Waals surface area contributed by atoms with E-state index in [-0.39, 0.29) is 5.41 Å². The van der Waals surface area contributed by atoms with Crippen molar-refractivity contribution in [1.29, 1.82) is 0 Å². The standard InChI is InChI=1S/C23H39N3O3/c1-4-6-15-27-16-7-14-25-22(24-3)26-19-23(12-17-28-18-13-23)20-8-10-21(11-9-20)29-5-2/h8-11H,4-7,12-19H2,1-3H3,(H2,24,25,26). The minimum atomic E-state index is 0.0455. The van der Waals surface area contributed by atoms with Crippen LogP contribution in [0.2, 0.25) is 0 Å². The molecule has 0 aliphatic carbocycles. The van der Waals surface area contributed by atoms with E-state index in [9.17, 15) is 0 Å². The van der Waals surface area contributed by atoms with Gasteiger partial charge in [0.15, 0.2) is 5.96 Å². The fourth-order valence-electron chi connectivity index (χ4n) is 3.60. The molecule has 0 amide bonds. The highest BCUT2D eigenvalue weighted by atomic mass is 16.5. The van der Waals surface area contributed by atoms with Crippen LogP contribution in [-0.2, 0) is 14.9 Å². The molecular formula is C23H39N3O3. The molecule has 29 heavy (non-hydrogen) atoms. The van der Waals surface area contributed by atoms with Gasteiger partial charge in [0, 0.05) is 52.0 Å². The molecule has 6 heteroatoms. The van der Waals surface area contributed by atoms with Crippen molar-refractivity contribution in [1.82, 2.24) is 10.6 Å². The summed E-state index contributed by atoms with van der Waals surface area (Å²) >= 11 is 0. The Balaban J connectivity index is 1.87. The highest BCUT2D eigenvalue weighted by molar-refractivity contribution is 5.79. The number of rotatable bonds is 12. The first-order valence-corrected chi connectivity index (χ1v) is 11.1. The molecule has 2 N–H and O–H groups in total. The van der Waals surface area contributed by atoms with E-state index in [2.05, 4.69) is 46.8 Å². The number of benzene rings is 1. The minimum Gasteiger partial charge on any atom is -0.494 e. The van der Waals surface area contributed by atoms with E-state index < -0.39 is 0 Å². The maximum atomic E-state index is 5.65. The van der Waals surface area contributed by atoms with Crippen LogP contribution in [0.25, 0.3) is 0 Å². The van der Waals surface area contributed by atoms with Gasteiger partial charge >= 0.3 is 0 Å². The van der Waals surface area contributed by atoms with Crippen molar-refractivity contribution in [3.63, 3.8) is 0 Å². The molecule has 1 fully saturated rings. The van der Waals surface area contributed by atoms with Gasteiger partial charge in [0.05, 0.1) is 6.61 Å².